The highest BCUT2D eigenvalue weighted by Crippen LogP contribution is 2.29. The number of hydrogen-bond acceptors (Lipinski definition) is 8. The number of carboxylic acids is 2. The molecule has 0 aliphatic rings. The summed E-state index contributed by atoms with van der Waals surface area (Å²) in [6.45, 7) is 12.4. The van der Waals surface area contributed by atoms with Crippen LogP contribution in [0.1, 0.15) is 96.8 Å². The van der Waals surface area contributed by atoms with Crippen molar-refractivity contribution in [2.24, 2.45) is 22.7 Å². The van der Waals surface area contributed by atoms with E-state index in [0.29, 0.717) is 24.2 Å². The van der Waals surface area contributed by atoms with E-state index in [4.69, 9.17) is 0 Å². The second-order valence-corrected chi connectivity index (χ2v) is 17.8. The Morgan fingerprint density at radius 3 is 1.57 bits per heavy atom. The zero-order valence-corrected chi connectivity index (χ0v) is 40.2. The normalized spacial score (nSPS) is 15.2. The topological polar surface area (TPSA) is 260 Å². The Balaban J connectivity index is 1.57. The van der Waals surface area contributed by atoms with Gasteiger partial charge < -0.3 is 47.1 Å². The predicted molar refractivity (Wildman–Crippen MR) is 261 cm³/mol. The number of fused-ring (bicyclic) bond motifs is 1. The molecule has 68 heavy (non-hydrogen) atoms. The van der Waals surface area contributed by atoms with E-state index >= 15 is 0 Å². The molecular weight excluding hydrogens is 869 g/mol. The number of aromatic nitrogens is 1. The molecule has 0 spiro atoms. The monoisotopic (exact) mass is 937 g/mol. The number of amidine groups is 1. The summed E-state index contributed by atoms with van der Waals surface area (Å²) in [6, 6.07) is 18.4. The number of aliphatic carboxylic acids is 2. The van der Waals surface area contributed by atoms with Crippen molar-refractivity contribution in [1.29, 1.82) is 0 Å². The lowest BCUT2D eigenvalue weighted by Gasteiger charge is -2.32. The Labute approximate surface area is 398 Å². The summed E-state index contributed by atoms with van der Waals surface area (Å²) in [4.78, 5) is 103. The number of aromatic amines is 1. The molecule has 3 aromatic carbocycles. The molecule has 0 bridgehead atoms. The van der Waals surface area contributed by atoms with Gasteiger partial charge in [0.05, 0.1) is 12.3 Å². The van der Waals surface area contributed by atoms with Crippen molar-refractivity contribution in [2.45, 2.75) is 123 Å². The highest BCUT2D eigenvalue weighted by Gasteiger charge is 2.38. The minimum atomic E-state index is -1.69. The van der Waals surface area contributed by atoms with Crippen LogP contribution in [0.25, 0.3) is 10.9 Å². The van der Waals surface area contributed by atoms with Crippen molar-refractivity contribution < 1.29 is 43.8 Å². The molecule has 0 fully saturated rings. The summed E-state index contributed by atoms with van der Waals surface area (Å²) >= 11 is 0. The zero-order valence-electron chi connectivity index (χ0n) is 40.2. The molecule has 0 saturated heterocycles. The standard InChI is InChI=1S/C51H68N8O9/c1-9-30(5)43(48(64)57-40(51(67)68)26-35-28-53-37-24-18-17-23-36(35)37)59-49(65)44(31(6)10-2)58-47(63)39(27-41(60)61)55-46(62)38(25-29(3)4)56-50(66)45(54-32(7)52-8)42(33-19-13-11-14-20-33)34-21-15-12-16-22-34/h11-24,28-31,38-40,42-45,53H,9-10,25-27H2,1-8H3,(H,52,54)(H,55,62)(H,56,66)(H,57,64)(H,58,63)(H,59,65)(H,60,61)(H,67,68)/t30-,31-,38-,39-,40-,43-,44-,45+/m0/s1. The number of rotatable bonds is 25. The Bertz CT molecular complexity index is 2330. The minimum absolute atomic E-state index is 0.0388. The average molecular weight is 937 g/mol. The molecule has 366 valence electrons. The fraction of sp³-hybridized carbons (Fsp3) is 0.451. The number of aliphatic imine (C=N–C) groups is 1. The maximum Gasteiger partial charge on any atom is 0.326 e. The summed E-state index contributed by atoms with van der Waals surface area (Å²) in [5, 5.41) is 37.5. The number of nitrogens with zero attached hydrogens (tertiary/aromatic N) is 1. The second kappa shape index (κ2) is 25.8. The van der Waals surface area contributed by atoms with E-state index < -0.39 is 102 Å². The van der Waals surface area contributed by atoms with Gasteiger partial charge in [-0.1, -0.05) is 133 Å². The summed E-state index contributed by atoms with van der Waals surface area (Å²) in [7, 11) is 1.58. The van der Waals surface area contributed by atoms with Gasteiger partial charge >= 0.3 is 11.9 Å². The molecular formula is C51H68N8O9. The molecule has 0 unspecified atom stereocenters. The molecule has 17 heteroatoms. The van der Waals surface area contributed by atoms with E-state index in [1.54, 1.807) is 40.9 Å². The van der Waals surface area contributed by atoms with Crippen molar-refractivity contribution in [1.82, 2.24) is 36.9 Å². The summed E-state index contributed by atoms with van der Waals surface area (Å²) in [5.74, 6) is -7.79. The van der Waals surface area contributed by atoms with Gasteiger partial charge in [0.1, 0.15) is 36.3 Å². The van der Waals surface area contributed by atoms with Crippen LogP contribution in [0.15, 0.2) is 96.1 Å². The molecule has 0 saturated carbocycles. The molecule has 0 radical (unpaired) electrons. The van der Waals surface area contributed by atoms with Crippen molar-refractivity contribution in [2.75, 3.05) is 7.05 Å². The third kappa shape index (κ3) is 15.0. The van der Waals surface area contributed by atoms with Gasteiger partial charge in [-0.2, -0.15) is 0 Å². The summed E-state index contributed by atoms with van der Waals surface area (Å²) in [6.07, 6.45) is 1.69. The molecule has 0 aliphatic carbocycles. The molecule has 5 amide bonds. The van der Waals surface area contributed by atoms with E-state index in [2.05, 4.69) is 41.9 Å². The zero-order chi connectivity index (χ0) is 50.1. The van der Waals surface area contributed by atoms with Gasteiger partial charge in [0.15, 0.2) is 0 Å². The highest BCUT2D eigenvalue weighted by atomic mass is 16.4. The minimum Gasteiger partial charge on any atom is -0.481 e. The smallest absolute Gasteiger partial charge is 0.326 e. The first-order valence-electron chi connectivity index (χ1n) is 23.2. The van der Waals surface area contributed by atoms with E-state index in [-0.39, 0.29) is 18.8 Å². The van der Waals surface area contributed by atoms with E-state index in [9.17, 15) is 43.8 Å². The highest BCUT2D eigenvalue weighted by molar-refractivity contribution is 5.98. The largest absolute Gasteiger partial charge is 0.481 e. The van der Waals surface area contributed by atoms with Gasteiger partial charge in [0.2, 0.25) is 29.5 Å². The third-order valence-corrected chi connectivity index (χ3v) is 12.3. The first-order valence-corrected chi connectivity index (χ1v) is 23.2. The average Bonchev–Trinajstić information content (AvgIpc) is 3.73. The quantitative estimate of drug-likeness (QED) is 0.0328. The molecule has 1 heterocycles. The predicted octanol–water partition coefficient (Wildman–Crippen LogP) is 4.67. The first-order chi connectivity index (χ1) is 32.4. The van der Waals surface area contributed by atoms with E-state index in [1.165, 1.54) is 0 Å². The van der Waals surface area contributed by atoms with Crippen molar-refractivity contribution in [3.63, 3.8) is 0 Å². The number of hydrogen-bond donors (Lipinski definition) is 9. The van der Waals surface area contributed by atoms with Gasteiger partial charge in [-0.25, -0.2) is 4.79 Å². The Morgan fingerprint density at radius 1 is 0.588 bits per heavy atom. The summed E-state index contributed by atoms with van der Waals surface area (Å²) in [5.41, 5.74) is 3.12. The summed E-state index contributed by atoms with van der Waals surface area (Å²) < 4.78 is 0. The molecule has 8 atom stereocenters. The van der Waals surface area contributed by atoms with Crippen molar-refractivity contribution in [3.05, 3.63) is 108 Å². The molecule has 4 rings (SSSR count). The second-order valence-electron chi connectivity index (χ2n) is 17.8. The van der Waals surface area contributed by atoms with Crippen LogP contribution in [0.2, 0.25) is 0 Å². The maximum atomic E-state index is 14.5. The fourth-order valence-corrected chi connectivity index (χ4v) is 7.99. The molecule has 1 aromatic heterocycles. The van der Waals surface area contributed by atoms with Gasteiger partial charge in [-0.05, 0) is 53.9 Å². The molecule has 17 nitrogen and oxygen atoms in total. The van der Waals surface area contributed by atoms with Gasteiger partial charge in [-0.3, -0.25) is 33.8 Å². The van der Waals surface area contributed by atoms with Crippen LogP contribution in [0.5, 0.6) is 0 Å². The number of H-pyrrole nitrogens is 1. The number of carbonyl (C=O) groups excluding carboxylic acids is 5. The lowest BCUT2D eigenvalue weighted by molar-refractivity contribution is -0.142. The Hall–Kier alpha value is -7.04. The lowest BCUT2D eigenvalue weighted by atomic mass is 9.84. The lowest BCUT2D eigenvalue weighted by Crippen LogP contribution is -2.61. The van der Waals surface area contributed by atoms with Crippen molar-refractivity contribution >= 4 is 58.2 Å². The van der Waals surface area contributed by atoms with Crippen LogP contribution in [0.4, 0.5) is 0 Å². The van der Waals surface area contributed by atoms with E-state index in [0.717, 1.165) is 22.0 Å². The van der Waals surface area contributed by atoms with Crippen LogP contribution >= 0.6 is 0 Å². The van der Waals surface area contributed by atoms with Crippen LogP contribution < -0.4 is 31.9 Å². The van der Waals surface area contributed by atoms with E-state index in [1.807, 2.05) is 106 Å². The third-order valence-electron chi connectivity index (χ3n) is 12.3. The van der Waals surface area contributed by atoms with Crippen LogP contribution in [-0.4, -0.2) is 106 Å². The number of para-hydroxylation sites is 1. The van der Waals surface area contributed by atoms with Gasteiger partial charge in [-0.15, -0.1) is 0 Å². The Morgan fingerprint density at radius 2 is 1.06 bits per heavy atom. The van der Waals surface area contributed by atoms with Crippen LogP contribution in [-0.2, 0) is 40.0 Å². The van der Waals surface area contributed by atoms with Crippen LogP contribution in [0, 0.1) is 17.8 Å². The maximum absolute atomic E-state index is 14.5. The molecule has 0 aliphatic heterocycles. The van der Waals surface area contributed by atoms with Crippen molar-refractivity contribution in [3.8, 4) is 0 Å². The van der Waals surface area contributed by atoms with Crippen LogP contribution in [0.3, 0.4) is 0 Å². The van der Waals surface area contributed by atoms with Gasteiger partial charge in [0, 0.05) is 36.5 Å². The first kappa shape index (κ1) is 53.6. The number of carbonyl (C=O) groups is 7. The molecule has 4 aromatic rings. The number of amides is 5. The van der Waals surface area contributed by atoms with Gasteiger partial charge in [0.25, 0.3) is 0 Å². The molecule has 9 N–H and O–H groups in total. The fourth-order valence-electron chi connectivity index (χ4n) is 7.99. The SMILES string of the molecule is CC[C@H](C)[C@H](NC(=O)[C@H](CC(=O)O)NC(=O)[C@H](CC(C)C)NC(=O)[C@H](NC(C)=NC)C(c1ccccc1)c1ccccc1)C(=O)N[C@H](C(=O)N[C@@H](Cc1c[nH]c2ccccc12)C(=O)O)[C@@H](C)CC. The number of nitrogens with one attached hydrogen (secondary N) is 7. The number of benzene rings is 3. The Kier molecular flexibility index (Phi) is 20.3. The number of carboxylic acid groups (broad SMARTS) is 2.